The monoisotopic (exact) mass is 981 g/mol. The molecule has 0 aromatic rings. The number of carbonyl (C=O) groups is 2. The van der Waals surface area contributed by atoms with Crippen molar-refractivity contribution in [1.29, 1.82) is 0 Å². The Bertz CT molecular complexity index is 1150. The van der Waals surface area contributed by atoms with Crippen molar-refractivity contribution in [2.24, 2.45) is 0 Å². The molecule has 0 heterocycles. The third-order valence-electron chi connectivity index (χ3n) is 13.9. The van der Waals surface area contributed by atoms with E-state index in [0.717, 1.165) is 57.8 Å². The number of esters is 2. The summed E-state index contributed by atoms with van der Waals surface area (Å²) >= 11 is 0. The van der Waals surface area contributed by atoms with Crippen molar-refractivity contribution >= 4 is 11.9 Å². The molecule has 0 radical (unpaired) electrons. The van der Waals surface area contributed by atoms with E-state index in [4.69, 9.17) is 14.2 Å². The fourth-order valence-electron chi connectivity index (χ4n) is 9.21. The van der Waals surface area contributed by atoms with E-state index in [0.29, 0.717) is 19.4 Å². The van der Waals surface area contributed by atoms with Gasteiger partial charge in [-0.15, -0.1) is 0 Å². The highest BCUT2D eigenvalue weighted by molar-refractivity contribution is 5.70. The third-order valence-corrected chi connectivity index (χ3v) is 13.9. The maximum Gasteiger partial charge on any atom is 0.306 e. The van der Waals surface area contributed by atoms with Crippen molar-refractivity contribution in [2.75, 3.05) is 19.8 Å². The molecule has 0 aromatic heterocycles. The fraction of sp³-hybridized carbons (Fsp3) is 0.846. The Labute approximate surface area is 437 Å². The van der Waals surface area contributed by atoms with Gasteiger partial charge in [0.05, 0.1) is 6.61 Å². The summed E-state index contributed by atoms with van der Waals surface area (Å²) in [6, 6.07) is 0. The first-order chi connectivity index (χ1) is 34.6. The van der Waals surface area contributed by atoms with E-state index < -0.39 is 6.10 Å². The zero-order chi connectivity index (χ0) is 50.6. The average molecular weight is 982 g/mol. The molecule has 410 valence electrons. The maximum atomic E-state index is 12.9. The lowest BCUT2D eigenvalue weighted by Gasteiger charge is -2.18. The van der Waals surface area contributed by atoms with Crippen molar-refractivity contribution in [3.05, 3.63) is 48.6 Å². The largest absolute Gasteiger partial charge is 0.462 e. The molecule has 0 rings (SSSR count). The van der Waals surface area contributed by atoms with Crippen LogP contribution in [-0.2, 0) is 23.8 Å². The molecular formula is C65H120O5. The molecule has 0 bridgehead atoms. The first-order valence-corrected chi connectivity index (χ1v) is 31.2. The Kier molecular flexibility index (Phi) is 59.3. The van der Waals surface area contributed by atoms with Crippen LogP contribution in [0.1, 0.15) is 329 Å². The Hall–Kier alpha value is -2.14. The van der Waals surface area contributed by atoms with Gasteiger partial charge in [-0.25, -0.2) is 0 Å². The number of hydrogen-bond acceptors (Lipinski definition) is 5. The molecule has 0 aromatic carbocycles. The summed E-state index contributed by atoms with van der Waals surface area (Å²) in [6.07, 6.45) is 77.2. The number of allylic oxidation sites excluding steroid dienone is 8. The smallest absolute Gasteiger partial charge is 0.306 e. The van der Waals surface area contributed by atoms with E-state index in [1.807, 2.05) is 0 Å². The Balaban J connectivity index is 4.28. The summed E-state index contributed by atoms with van der Waals surface area (Å²) < 4.78 is 17.5. The molecule has 5 nitrogen and oxygen atoms in total. The van der Waals surface area contributed by atoms with Gasteiger partial charge in [-0.1, -0.05) is 307 Å². The Morgan fingerprint density at radius 1 is 0.314 bits per heavy atom. The SMILES string of the molecule is CCCCC/C=C\C/C=C\C/C=C\C/C=C\CCCC(=O)OC[C@@H](COCCCCCCCCCCCCCCCCCC)OC(=O)CCCCCCCCCCCCCCCCCCCCCCC. The summed E-state index contributed by atoms with van der Waals surface area (Å²) in [5, 5.41) is 0. The van der Waals surface area contributed by atoms with E-state index in [1.165, 1.54) is 238 Å². The molecule has 0 saturated heterocycles. The van der Waals surface area contributed by atoms with E-state index in [1.54, 1.807) is 0 Å². The van der Waals surface area contributed by atoms with Gasteiger partial charge in [0.2, 0.25) is 0 Å². The first-order valence-electron chi connectivity index (χ1n) is 31.2. The number of ether oxygens (including phenoxy) is 3. The quantitative estimate of drug-likeness (QED) is 0.0345. The van der Waals surface area contributed by atoms with Crippen LogP contribution in [0.25, 0.3) is 0 Å². The topological polar surface area (TPSA) is 61.8 Å². The van der Waals surface area contributed by atoms with Gasteiger partial charge < -0.3 is 14.2 Å². The molecule has 0 amide bonds. The van der Waals surface area contributed by atoms with E-state index in [2.05, 4.69) is 69.4 Å². The van der Waals surface area contributed by atoms with E-state index in [-0.39, 0.29) is 25.2 Å². The summed E-state index contributed by atoms with van der Waals surface area (Å²) in [5.74, 6) is -0.440. The predicted molar refractivity (Wildman–Crippen MR) is 307 cm³/mol. The van der Waals surface area contributed by atoms with Crippen LogP contribution < -0.4 is 0 Å². The van der Waals surface area contributed by atoms with Gasteiger partial charge >= 0.3 is 11.9 Å². The highest BCUT2D eigenvalue weighted by atomic mass is 16.6. The standard InChI is InChI=1S/C65H120O5/c1-4-7-10-13-16-19-22-25-28-31-32-33-34-36-38-41-44-47-50-53-56-59-65(67)70-63(61-68-60-57-54-51-48-45-42-39-30-27-24-21-18-15-12-9-6-3)62-69-64(66)58-55-52-49-46-43-40-37-35-29-26-23-20-17-14-11-8-5-2/h17,20,26,29,37,40,46,49,63H,4-16,18-19,21-25,27-28,30-36,38-39,41-45,47-48,50-62H2,1-3H3/b20-17-,29-26-,40-37-,49-46-/t63-/m1/s1. The average Bonchev–Trinajstić information content (AvgIpc) is 3.36. The number of rotatable bonds is 58. The second-order valence-corrected chi connectivity index (χ2v) is 21.0. The molecular weight excluding hydrogens is 861 g/mol. The minimum atomic E-state index is -0.555. The summed E-state index contributed by atoms with van der Waals surface area (Å²) in [7, 11) is 0. The van der Waals surface area contributed by atoms with Gasteiger partial charge in [-0.05, 0) is 57.8 Å². The summed E-state index contributed by atoms with van der Waals surface area (Å²) in [6.45, 7) is 7.82. The number of unbranched alkanes of at least 4 members (excludes halogenated alkanes) is 39. The second-order valence-electron chi connectivity index (χ2n) is 21.0. The lowest BCUT2D eigenvalue weighted by molar-refractivity contribution is -0.163. The van der Waals surface area contributed by atoms with Crippen LogP contribution in [0.4, 0.5) is 0 Å². The Morgan fingerprint density at radius 3 is 1.00 bits per heavy atom. The molecule has 0 aliphatic rings. The predicted octanol–water partition coefficient (Wildman–Crippen LogP) is 21.5. The third kappa shape index (κ3) is 58.4. The van der Waals surface area contributed by atoms with Gasteiger partial charge in [0.15, 0.2) is 6.10 Å². The lowest BCUT2D eigenvalue weighted by atomic mass is 10.0. The van der Waals surface area contributed by atoms with E-state index in [9.17, 15) is 9.59 Å². The molecule has 0 aliphatic heterocycles. The number of carbonyl (C=O) groups excluding carboxylic acids is 2. The molecule has 0 unspecified atom stereocenters. The van der Waals surface area contributed by atoms with Crippen LogP contribution in [0.5, 0.6) is 0 Å². The molecule has 0 N–H and O–H groups in total. The minimum absolute atomic E-state index is 0.0627. The van der Waals surface area contributed by atoms with Gasteiger partial charge in [-0.3, -0.25) is 9.59 Å². The van der Waals surface area contributed by atoms with Crippen molar-refractivity contribution in [1.82, 2.24) is 0 Å². The van der Waals surface area contributed by atoms with E-state index >= 15 is 0 Å². The first kappa shape index (κ1) is 67.9. The zero-order valence-electron chi connectivity index (χ0n) is 47.3. The highest BCUT2D eigenvalue weighted by Gasteiger charge is 2.17. The van der Waals surface area contributed by atoms with Crippen molar-refractivity contribution in [3.63, 3.8) is 0 Å². The molecule has 0 spiro atoms. The Morgan fingerprint density at radius 2 is 0.614 bits per heavy atom. The molecule has 0 fully saturated rings. The highest BCUT2D eigenvalue weighted by Crippen LogP contribution is 2.17. The van der Waals surface area contributed by atoms with Gasteiger partial charge in [0, 0.05) is 19.4 Å². The molecule has 5 heteroatoms. The van der Waals surface area contributed by atoms with Crippen LogP contribution in [0.3, 0.4) is 0 Å². The molecule has 0 aliphatic carbocycles. The lowest BCUT2D eigenvalue weighted by Crippen LogP contribution is -2.30. The van der Waals surface area contributed by atoms with Crippen molar-refractivity contribution in [2.45, 2.75) is 335 Å². The van der Waals surface area contributed by atoms with Crippen molar-refractivity contribution in [3.8, 4) is 0 Å². The van der Waals surface area contributed by atoms with Crippen LogP contribution >= 0.6 is 0 Å². The number of hydrogen-bond donors (Lipinski definition) is 0. The zero-order valence-corrected chi connectivity index (χ0v) is 47.3. The molecule has 1 atom stereocenters. The van der Waals surface area contributed by atoms with Crippen LogP contribution in [0.2, 0.25) is 0 Å². The molecule has 0 saturated carbocycles. The van der Waals surface area contributed by atoms with Crippen LogP contribution in [-0.4, -0.2) is 37.9 Å². The van der Waals surface area contributed by atoms with Crippen LogP contribution in [0, 0.1) is 0 Å². The summed E-state index contributed by atoms with van der Waals surface area (Å²) in [4.78, 5) is 25.6. The molecule has 70 heavy (non-hydrogen) atoms. The van der Waals surface area contributed by atoms with Crippen molar-refractivity contribution < 1.29 is 23.8 Å². The minimum Gasteiger partial charge on any atom is -0.462 e. The summed E-state index contributed by atoms with van der Waals surface area (Å²) in [5.41, 5.74) is 0. The van der Waals surface area contributed by atoms with Gasteiger partial charge in [0.1, 0.15) is 6.61 Å². The van der Waals surface area contributed by atoms with Gasteiger partial charge in [0.25, 0.3) is 0 Å². The fourth-order valence-corrected chi connectivity index (χ4v) is 9.21. The van der Waals surface area contributed by atoms with Crippen LogP contribution in [0.15, 0.2) is 48.6 Å². The second kappa shape index (κ2) is 61.2. The van der Waals surface area contributed by atoms with Gasteiger partial charge in [-0.2, -0.15) is 0 Å². The normalized spacial score (nSPS) is 12.4. The maximum absolute atomic E-state index is 12.9.